The Balaban J connectivity index is 2.30. The number of aryl methyl sites for hydroxylation is 2. The van der Waals surface area contributed by atoms with Gasteiger partial charge >= 0.3 is 0 Å². The van der Waals surface area contributed by atoms with Crippen LogP contribution in [-0.2, 0) is 16.4 Å². The zero-order valence-corrected chi connectivity index (χ0v) is 12.9. The van der Waals surface area contributed by atoms with E-state index >= 15 is 0 Å². The fourth-order valence-corrected chi connectivity index (χ4v) is 2.94. The maximum atomic E-state index is 12.3. The Bertz CT molecular complexity index is 801. The van der Waals surface area contributed by atoms with E-state index in [0.29, 0.717) is 5.56 Å². The molecule has 2 rings (SSSR count). The molecule has 0 aliphatic carbocycles. The molecule has 116 valence electrons. The monoisotopic (exact) mass is 321 g/mol. The van der Waals surface area contributed by atoms with Crippen molar-refractivity contribution in [3.8, 4) is 0 Å². The molecule has 8 heteroatoms. The minimum atomic E-state index is -3.78. The highest BCUT2D eigenvalue weighted by Crippen LogP contribution is 2.21. The van der Waals surface area contributed by atoms with Gasteiger partial charge < -0.3 is 0 Å². The Morgan fingerprint density at radius 3 is 2.41 bits per heavy atom. The number of aromatic nitrogens is 1. The summed E-state index contributed by atoms with van der Waals surface area (Å²) in [6, 6.07) is 7.78. The van der Waals surface area contributed by atoms with Crippen LogP contribution in [0, 0.1) is 17.0 Å². The van der Waals surface area contributed by atoms with Crippen LogP contribution in [0.15, 0.2) is 41.4 Å². The number of nitrogens with zero attached hydrogens (tertiary/aromatic N) is 2. The second kappa shape index (κ2) is 6.10. The first kappa shape index (κ1) is 15.9. The van der Waals surface area contributed by atoms with Crippen LogP contribution < -0.4 is 4.72 Å². The number of sulfonamides is 1. The van der Waals surface area contributed by atoms with Gasteiger partial charge in [-0.1, -0.05) is 19.1 Å². The van der Waals surface area contributed by atoms with Crippen molar-refractivity contribution in [1.82, 2.24) is 4.98 Å². The molecule has 7 nitrogen and oxygen atoms in total. The van der Waals surface area contributed by atoms with Crippen molar-refractivity contribution in [2.45, 2.75) is 25.2 Å². The second-order valence-electron chi connectivity index (χ2n) is 4.72. The smallest absolute Gasteiger partial charge is 0.263 e. The van der Waals surface area contributed by atoms with Crippen molar-refractivity contribution in [2.24, 2.45) is 0 Å². The summed E-state index contributed by atoms with van der Waals surface area (Å²) in [5, 5.41) is 10.7. The van der Waals surface area contributed by atoms with Crippen molar-refractivity contribution in [1.29, 1.82) is 0 Å². The van der Waals surface area contributed by atoms with Gasteiger partial charge in [0.05, 0.1) is 9.82 Å². The summed E-state index contributed by atoms with van der Waals surface area (Å²) in [7, 11) is -3.78. The molecule has 22 heavy (non-hydrogen) atoms. The molecule has 1 aromatic heterocycles. The van der Waals surface area contributed by atoms with Gasteiger partial charge in [0.1, 0.15) is 12.0 Å². The average Bonchev–Trinajstić information content (AvgIpc) is 2.49. The lowest BCUT2D eigenvalue weighted by Gasteiger charge is -2.09. The standard InChI is InChI=1S/C14H15N3O4S/c1-3-11-4-6-13(7-5-11)22(20,21)16-14-10(2)8-12(9-15-14)17(18)19/h4-9H,3H2,1-2H3,(H,15,16). The molecular weight excluding hydrogens is 306 g/mol. The van der Waals surface area contributed by atoms with E-state index in [4.69, 9.17) is 0 Å². The van der Waals surface area contributed by atoms with E-state index in [2.05, 4.69) is 9.71 Å². The Morgan fingerprint density at radius 2 is 1.91 bits per heavy atom. The molecule has 0 radical (unpaired) electrons. The molecule has 0 aliphatic rings. The largest absolute Gasteiger partial charge is 0.287 e. The average molecular weight is 321 g/mol. The molecule has 0 saturated heterocycles. The molecule has 0 atom stereocenters. The lowest BCUT2D eigenvalue weighted by molar-refractivity contribution is -0.385. The highest BCUT2D eigenvalue weighted by atomic mass is 32.2. The minimum Gasteiger partial charge on any atom is -0.263 e. The number of hydrogen-bond donors (Lipinski definition) is 1. The van der Waals surface area contributed by atoms with E-state index < -0.39 is 14.9 Å². The fourth-order valence-electron chi connectivity index (χ4n) is 1.86. The highest BCUT2D eigenvalue weighted by Gasteiger charge is 2.17. The third-order valence-electron chi connectivity index (χ3n) is 3.15. The lowest BCUT2D eigenvalue weighted by Crippen LogP contribution is -2.15. The van der Waals surface area contributed by atoms with Crippen LogP contribution >= 0.6 is 0 Å². The van der Waals surface area contributed by atoms with E-state index in [0.717, 1.165) is 18.2 Å². The topological polar surface area (TPSA) is 102 Å². The normalized spacial score (nSPS) is 11.2. The first-order valence-electron chi connectivity index (χ1n) is 6.56. The van der Waals surface area contributed by atoms with Crippen molar-refractivity contribution in [3.63, 3.8) is 0 Å². The quantitative estimate of drug-likeness (QED) is 0.673. The number of anilines is 1. The van der Waals surface area contributed by atoms with Gasteiger partial charge in [0, 0.05) is 6.07 Å². The molecule has 0 unspecified atom stereocenters. The third-order valence-corrected chi connectivity index (χ3v) is 4.50. The van der Waals surface area contributed by atoms with Gasteiger partial charge in [-0.2, -0.15) is 0 Å². The van der Waals surface area contributed by atoms with Crippen LogP contribution in [0.25, 0.3) is 0 Å². The Morgan fingerprint density at radius 1 is 1.27 bits per heavy atom. The summed E-state index contributed by atoms with van der Waals surface area (Å²) in [6.07, 6.45) is 1.84. The number of rotatable bonds is 5. The predicted molar refractivity (Wildman–Crippen MR) is 82.3 cm³/mol. The van der Waals surface area contributed by atoms with Gasteiger partial charge in [0.25, 0.3) is 15.7 Å². The summed E-state index contributed by atoms with van der Waals surface area (Å²) in [5.74, 6) is 0.0742. The Labute approximate surface area is 128 Å². The maximum absolute atomic E-state index is 12.3. The molecule has 1 N–H and O–H groups in total. The fraction of sp³-hybridized carbons (Fsp3) is 0.214. The number of nitrogens with one attached hydrogen (secondary N) is 1. The number of benzene rings is 1. The van der Waals surface area contributed by atoms with E-state index in [1.165, 1.54) is 18.2 Å². The van der Waals surface area contributed by atoms with Gasteiger partial charge in [0.2, 0.25) is 0 Å². The predicted octanol–water partition coefficient (Wildman–Crippen LogP) is 2.66. The first-order valence-corrected chi connectivity index (χ1v) is 8.04. The molecule has 0 bridgehead atoms. The van der Waals surface area contributed by atoms with Gasteiger partial charge in [0.15, 0.2) is 0 Å². The van der Waals surface area contributed by atoms with Crippen molar-refractivity contribution in [2.75, 3.05) is 4.72 Å². The second-order valence-corrected chi connectivity index (χ2v) is 6.40. The minimum absolute atomic E-state index is 0.0742. The van der Waals surface area contributed by atoms with Crippen LogP contribution in [0.5, 0.6) is 0 Å². The van der Waals surface area contributed by atoms with Gasteiger partial charge in [-0.3, -0.25) is 14.8 Å². The number of nitro groups is 1. The van der Waals surface area contributed by atoms with Crippen molar-refractivity contribution < 1.29 is 13.3 Å². The molecule has 0 saturated carbocycles. The molecule has 0 aliphatic heterocycles. The van der Waals surface area contributed by atoms with Crippen LogP contribution in [0.4, 0.5) is 11.5 Å². The summed E-state index contributed by atoms with van der Waals surface area (Å²) in [6.45, 7) is 3.53. The van der Waals surface area contributed by atoms with E-state index in [9.17, 15) is 18.5 Å². The van der Waals surface area contributed by atoms with Crippen LogP contribution in [-0.4, -0.2) is 18.3 Å². The maximum Gasteiger partial charge on any atom is 0.287 e. The highest BCUT2D eigenvalue weighted by molar-refractivity contribution is 7.92. The number of pyridine rings is 1. The van der Waals surface area contributed by atoms with Crippen LogP contribution in [0.1, 0.15) is 18.1 Å². The van der Waals surface area contributed by atoms with E-state index in [1.54, 1.807) is 19.1 Å². The summed E-state index contributed by atoms with van der Waals surface area (Å²) in [4.78, 5) is 14.0. The summed E-state index contributed by atoms with van der Waals surface area (Å²) < 4.78 is 26.9. The molecule has 1 aromatic carbocycles. The Kier molecular flexibility index (Phi) is 4.41. The number of hydrogen-bond acceptors (Lipinski definition) is 5. The first-order chi connectivity index (χ1) is 10.3. The van der Waals surface area contributed by atoms with Crippen molar-refractivity contribution in [3.05, 3.63) is 57.8 Å². The zero-order valence-electron chi connectivity index (χ0n) is 12.1. The Hall–Kier alpha value is -2.48. The van der Waals surface area contributed by atoms with Gasteiger partial charge in [-0.15, -0.1) is 0 Å². The molecule has 0 fully saturated rings. The van der Waals surface area contributed by atoms with Crippen molar-refractivity contribution >= 4 is 21.5 Å². The molecular formula is C14H15N3O4S. The molecule has 1 heterocycles. The lowest BCUT2D eigenvalue weighted by atomic mass is 10.2. The summed E-state index contributed by atoms with van der Waals surface area (Å²) >= 11 is 0. The molecule has 0 amide bonds. The van der Waals surface area contributed by atoms with Gasteiger partial charge in [-0.25, -0.2) is 13.4 Å². The van der Waals surface area contributed by atoms with Crippen LogP contribution in [0.2, 0.25) is 0 Å². The third kappa shape index (κ3) is 3.40. The SMILES string of the molecule is CCc1ccc(S(=O)(=O)Nc2ncc([N+](=O)[O-])cc2C)cc1. The summed E-state index contributed by atoms with van der Waals surface area (Å²) in [5.41, 5.74) is 1.22. The molecule has 0 spiro atoms. The molecule has 2 aromatic rings. The van der Waals surface area contributed by atoms with E-state index in [-0.39, 0.29) is 16.4 Å². The van der Waals surface area contributed by atoms with Gasteiger partial charge in [-0.05, 0) is 36.6 Å². The zero-order chi connectivity index (χ0) is 16.3. The van der Waals surface area contributed by atoms with Crippen LogP contribution in [0.3, 0.4) is 0 Å². The van der Waals surface area contributed by atoms with E-state index in [1.807, 2.05) is 6.92 Å².